The van der Waals surface area contributed by atoms with Gasteiger partial charge in [-0.2, -0.15) is 0 Å². The van der Waals surface area contributed by atoms with Gasteiger partial charge in [-0.15, -0.1) is 11.3 Å². The minimum absolute atomic E-state index is 0.0589. The van der Waals surface area contributed by atoms with Gasteiger partial charge in [-0.05, 0) is 36.9 Å². The van der Waals surface area contributed by atoms with Crippen molar-refractivity contribution in [1.82, 2.24) is 5.32 Å². The predicted octanol–water partition coefficient (Wildman–Crippen LogP) is 4.22. The number of carbonyl (C=O) groups is 1. The number of hydrogen-bond acceptors (Lipinski definition) is 5. The molecule has 6 heteroatoms. The van der Waals surface area contributed by atoms with Crippen LogP contribution in [0.3, 0.4) is 0 Å². The maximum atomic E-state index is 12.4. The van der Waals surface area contributed by atoms with Crippen LogP contribution >= 0.6 is 11.3 Å². The molecule has 0 spiro atoms. The third kappa shape index (κ3) is 5.47. The van der Waals surface area contributed by atoms with Crippen molar-refractivity contribution < 1.29 is 14.3 Å². The summed E-state index contributed by atoms with van der Waals surface area (Å²) in [4.78, 5) is 13.7. The quantitative estimate of drug-likeness (QED) is 0.701. The average molecular weight is 362 g/mol. The monoisotopic (exact) mass is 362 g/mol. The van der Waals surface area contributed by atoms with Gasteiger partial charge in [0.1, 0.15) is 11.5 Å². The van der Waals surface area contributed by atoms with Gasteiger partial charge in [0.2, 0.25) is 5.91 Å². The van der Waals surface area contributed by atoms with Crippen molar-refractivity contribution in [3.8, 4) is 11.5 Å². The first-order valence-electron chi connectivity index (χ1n) is 8.38. The molecular weight excluding hydrogens is 336 g/mol. The largest absolute Gasteiger partial charge is 0.497 e. The molecule has 2 rings (SSSR count). The van der Waals surface area contributed by atoms with E-state index in [1.807, 2.05) is 6.92 Å². The van der Waals surface area contributed by atoms with Gasteiger partial charge in [-0.3, -0.25) is 4.79 Å². The van der Waals surface area contributed by atoms with Crippen molar-refractivity contribution in [2.75, 3.05) is 19.5 Å². The van der Waals surface area contributed by atoms with Gasteiger partial charge in [0, 0.05) is 29.4 Å². The van der Waals surface area contributed by atoms with Crippen LogP contribution < -0.4 is 20.1 Å². The lowest BCUT2D eigenvalue weighted by Gasteiger charge is -2.21. The number of carbonyl (C=O) groups excluding carboxylic acids is 1. The Morgan fingerprint density at radius 1 is 1.24 bits per heavy atom. The Morgan fingerprint density at radius 3 is 2.64 bits per heavy atom. The van der Waals surface area contributed by atoms with Gasteiger partial charge in [-0.25, -0.2) is 0 Å². The highest BCUT2D eigenvalue weighted by Crippen LogP contribution is 2.29. The van der Waals surface area contributed by atoms with Crippen LogP contribution in [-0.4, -0.2) is 26.2 Å². The van der Waals surface area contributed by atoms with E-state index >= 15 is 0 Å². The standard InChI is InChI=1S/C19H26N2O3S/c1-5-15(18-7-6-10-25-18)20-13(2)11-19(22)21-16-12-14(23-3)8-9-17(16)24-4/h6-10,12-13,15,20H,5,11H2,1-4H3,(H,21,22). The average Bonchev–Trinajstić information content (AvgIpc) is 3.13. The summed E-state index contributed by atoms with van der Waals surface area (Å²) in [6, 6.07) is 9.84. The van der Waals surface area contributed by atoms with E-state index in [1.165, 1.54) is 4.88 Å². The number of benzene rings is 1. The molecule has 1 aromatic carbocycles. The molecule has 25 heavy (non-hydrogen) atoms. The molecule has 2 atom stereocenters. The van der Waals surface area contributed by atoms with Crippen molar-refractivity contribution in [3.63, 3.8) is 0 Å². The molecule has 2 unspecified atom stereocenters. The van der Waals surface area contributed by atoms with Crippen molar-refractivity contribution in [1.29, 1.82) is 0 Å². The molecule has 2 N–H and O–H groups in total. The van der Waals surface area contributed by atoms with E-state index in [0.717, 1.165) is 6.42 Å². The molecule has 136 valence electrons. The molecule has 2 aromatic rings. The maximum absolute atomic E-state index is 12.4. The normalized spacial score (nSPS) is 13.1. The van der Waals surface area contributed by atoms with Crippen LogP contribution in [0.4, 0.5) is 5.69 Å². The third-order valence-corrected chi connectivity index (χ3v) is 4.94. The molecule has 1 heterocycles. The summed E-state index contributed by atoms with van der Waals surface area (Å²) in [6.45, 7) is 4.17. The lowest BCUT2D eigenvalue weighted by molar-refractivity contribution is -0.116. The van der Waals surface area contributed by atoms with Gasteiger partial charge in [0.05, 0.1) is 19.9 Å². The molecule has 0 radical (unpaired) electrons. The SMILES string of the molecule is CCC(NC(C)CC(=O)Nc1cc(OC)ccc1OC)c1cccs1. The molecule has 0 aliphatic heterocycles. The van der Waals surface area contributed by atoms with Crippen LogP contribution in [-0.2, 0) is 4.79 Å². The Kier molecular flexibility index (Phi) is 7.28. The summed E-state index contributed by atoms with van der Waals surface area (Å²) in [6.07, 6.45) is 1.36. The Bertz CT molecular complexity index is 673. The second-order valence-electron chi connectivity index (χ2n) is 5.86. The van der Waals surface area contributed by atoms with Gasteiger partial charge in [0.25, 0.3) is 0 Å². The zero-order valence-electron chi connectivity index (χ0n) is 15.2. The van der Waals surface area contributed by atoms with E-state index in [4.69, 9.17) is 9.47 Å². The fourth-order valence-electron chi connectivity index (χ4n) is 2.68. The highest BCUT2D eigenvalue weighted by Gasteiger charge is 2.17. The van der Waals surface area contributed by atoms with E-state index in [-0.39, 0.29) is 18.0 Å². The van der Waals surface area contributed by atoms with Crippen LogP contribution in [0.2, 0.25) is 0 Å². The summed E-state index contributed by atoms with van der Waals surface area (Å²) in [5, 5.41) is 8.52. The summed E-state index contributed by atoms with van der Waals surface area (Å²) in [5.41, 5.74) is 0.615. The first kappa shape index (κ1) is 19.3. The minimum Gasteiger partial charge on any atom is -0.497 e. The lowest BCUT2D eigenvalue weighted by Crippen LogP contribution is -2.33. The summed E-state index contributed by atoms with van der Waals surface area (Å²) in [7, 11) is 3.17. The van der Waals surface area contributed by atoms with Crippen LogP contribution in [0, 0.1) is 0 Å². The molecule has 0 bridgehead atoms. The Balaban J connectivity index is 1.95. The predicted molar refractivity (Wildman–Crippen MR) is 103 cm³/mol. The van der Waals surface area contributed by atoms with E-state index in [1.54, 1.807) is 43.8 Å². The molecule has 0 saturated carbocycles. The number of thiophene rings is 1. The topological polar surface area (TPSA) is 59.6 Å². The zero-order valence-corrected chi connectivity index (χ0v) is 16.0. The van der Waals surface area contributed by atoms with Gasteiger partial charge in [-0.1, -0.05) is 13.0 Å². The number of methoxy groups -OCH3 is 2. The Hall–Kier alpha value is -2.05. The Morgan fingerprint density at radius 2 is 2.04 bits per heavy atom. The highest BCUT2D eigenvalue weighted by atomic mass is 32.1. The van der Waals surface area contributed by atoms with Crippen molar-refractivity contribution in [2.45, 2.75) is 38.8 Å². The number of anilines is 1. The molecule has 1 amide bonds. The molecule has 0 aliphatic rings. The number of rotatable bonds is 9. The summed E-state index contributed by atoms with van der Waals surface area (Å²) in [5.74, 6) is 1.22. The first-order chi connectivity index (χ1) is 12.1. The maximum Gasteiger partial charge on any atom is 0.226 e. The number of hydrogen-bond donors (Lipinski definition) is 2. The van der Waals surface area contributed by atoms with Crippen LogP contribution in [0.1, 0.15) is 37.6 Å². The van der Waals surface area contributed by atoms with Gasteiger partial charge in [0.15, 0.2) is 0 Å². The first-order valence-corrected chi connectivity index (χ1v) is 9.26. The van der Waals surface area contributed by atoms with E-state index < -0.39 is 0 Å². The fourth-order valence-corrected chi connectivity index (χ4v) is 3.55. The molecule has 0 fully saturated rings. The molecule has 0 aliphatic carbocycles. The molecule has 1 aromatic heterocycles. The number of amides is 1. The van der Waals surface area contributed by atoms with Crippen LogP contribution in [0.5, 0.6) is 11.5 Å². The van der Waals surface area contributed by atoms with Gasteiger partial charge < -0.3 is 20.1 Å². The van der Waals surface area contributed by atoms with Crippen LogP contribution in [0.25, 0.3) is 0 Å². The minimum atomic E-state index is -0.0624. The second kappa shape index (κ2) is 9.44. The number of ether oxygens (including phenoxy) is 2. The fraction of sp³-hybridized carbons (Fsp3) is 0.421. The van der Waals surface area contributed by atoms with Crippen molar-refractivity contribution in [2.24, 2.45) is 0 Å². The lowest BCUT2D eigenvalue weighted by atomic mass is 10.1. The molecular formula is C19H26N2O3S. The van der Waals surface area contributed by atoms with E-state index in [0.29, 0.717) is 23.6 Å². The van der Waals surface area contributed by atoms with E-state index in [2.05, 4.69) is 35.1 Å². The zero-order chi connectivity index (χ0) is 18.2. The second-order valence-corrected chi connectivity index (χ2v) is 6.84. The number of nitrogens with one attached hydrogen (secondary N) is 2. The highest BCUT2D eigenvalue weighted by molar-refractivity contribution is 7.10. The molecule has 5 nitrogen and oxygen atoms in total. The summed E-state index contributed by atoms with van der Waals surface area (Å²) >= 11 is 1.73. The van der Waals surface area contributed by atoms with E-state index in [9.17, 15) is 4.79 Å². The Labute approximate surface area is 153 Å². The smallest absolute Gasteiger partial charge is 0.226 e. The van der Waals surface area contributed by atoms with Crippen molar-refractivity contribution >= 4 is 22.9 Å². The molecule has 0 saturated heterocycles. The summed E-state index contributed by atoms with van der Waals surface area (Å²) < 4.78 is 10.5. The van der Waals surface area contributed by atoms with Gasteiger partial charge >= 0.3 is 0 Å². The van der Waals surface area contributed by atoms with Crippen molar-refractivity contribution in [3.05, 3.63) is 40.6 Å². The van der Waals surface area contributed by atoms with Crippen LogP contribution in [0.15, 0.2) is 35.7 Å². The third-order valence-electron chi connectivity index (χ3n) is 3.95.